The molecule has 0 bridgehead atoms. The van der Waals surface area contributed by atoms with Crippen LogP contribution in [0.15, 0.2) is 54.6 Å². The van der Waals surface area contributed by atoms with Crippen LogP contribution in [0, 0.1) is 10.1 Å². The van der Waals surface area contributed by atoms with Gasteiger partial charge in [0, 0.05) is 0 Å². The number of hydrogen-bond donors (Lipinski definition) is 1. The summed E-state index contributed by atoms with van der Waals surface area (Å²) in [6, 6.07) is 17.3. The van der Waals surface area contributed by atoms with E-state index in [9.17, 15) is 10.1 Å². The van der Waals surface area contributed by atoms with Gasteiger partial charge in [-0.15, -0.1) is 11.0 Å². The summed E-state index contributed by atoms with van der Waals surface area (Å²) in [5.74, 6) is 0. The standard InChI is InChI=1S/C6H7N2O2.C5H5.Fe/c9-8(10)7-5-6-3-1-2-4-6;1-2-4-5-3-1;/h1-4,7H,5H2;1-5H;/q2*-1;+2. The average Bonchev–Trinajstić information content (AvgIpc) is 2.91. The van der Waals surface area contributed by atoms with Crippen LogP contribution in [0.4, 0.5) is 0 Å². The molecule has 2 aromatic carbocycles. The van der Waals surface area contributed by atoms with Crippen molar-refractivity contribution in [3.63, 3.8) is 0 Å². The summed E-state index contributed by atoms with van der Waals surface area (Å²) in [6.07, 6.45) is 0. The van der Waals surface area contributed by atoms with Gasteiger partial charge in [-0.05, 0) is 0 Å². The van der Waals surface area contributed by atoms with Crippen molar-refractivity contribution in [3.8, 4) is 0 Å². The number of hydrazine groups is 1. The summed E-state index contributed by atoms with van der Waals surface area (Å²) in [7, 11) is 0. The van der Waals surface area contributed by atoms with Crippen molar-refractivity contribution in [2.45, 2.75) is 6.54 Å². The normalized spacial score (nSPS) is 8.25. The van der Waals surface area contributed by atoms with Gasteiger partial charge in [0.2, 0.25) is 0 Å². The first kappa shape index (κ1) is 14.4. The molecule has 2 rings (SSSR count). The van der Waals surface area contributed by atoms with Gasteiger partial charge in [-0.25, -0.2) is 34.4 Å². The molecule has 16 heavy (non-hydrogen) atoms. The summed E-state index contributed by atoms with van der Waals surface area (Å²) < 4.78 is 0. The Balaban J connectivity index is 0.000000318. The molecule has 0 spiro atoms. The Kier molecular flexibility index (Phi) is 7.85. The third-order valence-electron chi connectivity index (χ3n) is 1.70. The molecule has 4 nitrogen and oxygen atoms in total. The van der Waals surface area contributed by atoms with Crippen molar-refractivity contribution < 1.29 is 22.1 Å². The molecule has 5 heteroatoms. The van der Waals surface area contributed by atoms with Crippen LogP contribution in [0.3, 0.4) is 0 Å². The van der Waals surface area contributed by atoms with Crippen molar-refractivity contribution in [3.05, 3.63) is 70.3 Å². The van der Waals surface area contributed by atoms with Crippen LogP contribution in [-0.2, 0) is 23.6 Å². The van der Waals surface area contributed by atoms with Gasteiger partial charge in [0.15, 0.2) is 5.03 Å². The number of nitrogens with one attached hydrogen (secondary N) is 1. The second kappa shape index (κ2) is 8.71. The molecular weight excluding hydrogens is 248 g/mol. The topological polar surface area (TPSA) is 55.2 Å². The Morgan fingerprint density at radius 1 is 1.19 bits per heavy atom. The Hall–Kier alpha value is -1.58. The van der Waals surface area contributed by atoms with Crippen LogP contribution in [0.25, 0.3) is 0 Å². The fourth-order valence-electron chi connectivity index (χ4n) is 1.01. The minimum absolute atomic E-state index is 0. The summed E-state index contributed by atoms with van der Waals surface area (Å²) in [5.41, 5.74) is 3.00. The van der Waals surface area contributed by atoms with Gasteiger partial charge in [0.25, 0.3) is 0 Å². The van der Waals surface area contributed by atoms with E-state index in [-0.39, 0.29) is 17.1 Å². The molecule has 2 aromatic rings. The van der Waals surface area contributed by atoms with Crippen molar-refractivity contribution in [2.24, 2.45) is 0 Å². The van der Waals surface area contributed by atoms with E-state index in [1.165, 1.54) is 0 Å². The zero-order valence-electron chi connectivity index (χ0n) is 8.52. The largest absolute Gasteiger partial charge is 2.00 e. The summed E-state index contributed by atoms with van der Waals surface area (Å²) in [6.45, 7) is 0.292. The van der Waals surface area contributed by atoms with E-state index in [1.54, 1.807) is 0 Å². The number of rotatable bonds is 3. The van der Waals surface area contributed by atoms with Crippen LogP contribution in [0.2, 0.25) is 0 Å². The van der Waals surface area contributed by atoms with Gasteiger partial charge in [-0.1, -0.05) is 0 Å². The second-order valence-electron chi connectivity index (χ2n) is 2.85. The van der Waals surface area contributed by atoms with Crippen molar-refractivity contribution in [2.75, 3.05) is 0 Å². The molecule has 0 saturated heterocycles. The third kappa shape index (κ3) is 6.81. The monoisotopic (exact) mass is 260 g/mol. The first-order valence-corrected chi connectivity index (χ1v) is 4.54. The van der Waals surface area contributed by atoms with E-state index >= 15 is 0 Å². The molecule has 0 heterocycles. The zero-order valence-corrected chi connectivity index (χ0v) is 9.62. The number of nitro groups is 1. The SMILES string of the molecule is O=[N+]([O-])NC[c-]1cccc1.[Fe+2].c1cc[cH-]c1. The Morgan fingerprint density at radius 3 is 2.12 bits per heavy atom. The predicted octanol–water partition coefficient (Wildman–Crippen LogP) is 2.09. The van der Waals surface area contributed by atoms with Gasteiger partial charge in [-0.3, -0.25) is 0 Å². The van der Waals surface area contributed by atoms with Crippen molar-refractivity contribution in [1.29, 1.82) is 0 Å². The van der Waals surface area contributed by atoms with Crippen LogP contribution < -0.4 is 5.43 Å². The van der Waals surface area contributed by atoms with E-state index in [1.807, 2.05) is 54.6 Å². The second-order valence-corrected chi connectivity index (χ2v) is 2.85. The zero-order chi connectivity index (χ0) is 10.9. The smallest absolute Gasteiger partial charge is 0.235 e. The minimum Gasteiger partial charge on any atom is -0.235 e. The molecule has 0 saturated carbocycles. The summed E-state index contributed by atoms with van der Waals surface area (Å²) >= 11 is 0. The number of nitrogens with zero attached hydrogens (tertiary/aromatic N) is 1. The molecular formula is C11H12FeN2O2. The number of hydrogen-bond acceptors (Lipinski definition) is 2. The van der Waals surface area contributed by atoms with Gasteiger partial charge in [0.05, 0.1) is 6.54 Å². The quantitative estimate of drug-likeness (QED) is 0.398. The fraction of sp³-hybridized carbons (Fsp3) is 0.0909. The molecule has 0 radical (unpaired) electrons. The fourth-order valence-corrected chi connectivity index (χ4v) is 1.01. The van der Waals surface area contributed by atoms with Crippen molar-refractivity contribution in [1.82, 2.24) is 5.43 Å². The van der Waals surface area contributed by atoms with E-state index < -0.39 is 5.03 Å². The molecule has 0 aliphatic heterocycles. The molecule has 0 aliphatic rings. The first-order valence-electron chi connectivity index (χ1n) is 4.54. The molecule has 0 aliphatic carbocycles. The van der Waals surface area contributed by atoms with Gasteiger partial charge in [-0.2, -0.15) is 30.3 Å². The Bertz CT molecular complexity index is 340. The van der Waals surface area contributed by atoms with Gasteiger partial charge < -0.3 is 0 Å². The summed E-state index contributed by atoms with van der Waals surface area (Å²) in [4.78, 5) is 9.79. The first-order chi connectivity index (χ1) is 7.29. The van der Waals surface area contributed by atoms with E-state index in [2.05, 4.69) is 5.43 Å². The van der Waals surface area contributed by atoms with Crippen LogP contribution >= 0.6 is 0 Å². The maximum absolute atomic E-state index is 9.79. The van der Waals surface area contributed by atoms with Gasteiger partial charge in [0.1, 0.15) is 0 Å². The van der Waals surface area contributed by atoms with Crippen LogP contribution in [-0.4, -0.2) is 5.03 Å². The maximum Gasteiger partial charge on any atom is 2.00 e. The van der Waals surface area contributed by atoms with Crippen LogP contribution in [0.1, 0.15) is 5.56 Å². The molecule has 86 valence electrons. The minimum atomic E-state index is -0.549. The van der Waals surface area contributed by atoms with Crippen molar-refractivity contribution >= 4 is 0 Å². The average molecular weight is 260 g/mol. The predicted molar refractivity (Wildman–Crippen MR) is 57.9 cm³/mol. The molecule has 1 N–H and O–H groups in total. The molecule has 0 atom stereocenters. The third-order valence-corrected chi connectivity index (χ3v) is 1.70. The molecule has 0 amide bonds. The van der Waals surface area contributed by atoms with E-state index in [4.69, 9.17) is 0 Å². The van der Waals surface area contributed by atoms with Gasteiger partial charge >= 0.3 is 17.1 Å². The van der Waals surface area contributed by atoms with Crippen LogP contribution in [0.5, 0.6) is 0 Å². The Morgan fingerprint density at radius 2 is 1.75 bits per heavy atom. The molecule has 0 unspecified atom stereocenters. The Labute approximate surface area is 105 Å². The molecule has 0 fully saturated rings. The van der Waals surface area contributed by atoms with E-state index in [0.29, 0.717) is 6.54 Å². The summed E-state index contributed by atoms with van der Waals surface area (Å²) in [5, 5.41) is 9.24. The maximum atomic E-state index is 9.79. The molecule has 0 aromatic heterocycles. The van der Waals surface area contributed by atoms with E-state index in [0.717, 1.165) is 5.56 Å².